The van der Waals surface area contributed by atoms with Gasteiger partial charge >= 0.3 is 5.76 Å². The van der Waals surface area contributed by atoms with Crippen molar-refractivity contribution in [3.8, 4) is 5.75 Å². The van der Waals surface area contributed by atoms with E-state index < -0.39 is 5.76 Å². The number of rotatable bonds is 0. The number of fused-ring (bicyclic) bond motifs is 1. The second-order valence-corrected chi connectivity index (χ2v) is 3.14. The third-order valence-corrected chi connectivity index (χ3v) is 2.16. The van der Waals surface area contributed by atoms with Crippen molar-refractivity contribution < 1.29 is 9.52 Å². The molecule has 1 aromatic carbocycles. The molecule has 1 aromatic heterocycles. The molecule has 0 unspecified atom stereocenters. The highest BCUT2D eigenvalue weighted by Gasteiger charge is 2.07. The summed E-state index contributed by atoms with van der Waals surface area (Å²) in [5, 5.41) is 9.39. The van der Waals surface area contributed by atoms with E-state index in [0.29, 0.717) is 15.6 Å². The molecule has 0 bridgehead atoms. The molecular weight excluding hydrogens is 226 g/mol. The smallest absolute Gasteiger partial charge is 0.417 e. The molecule has 12 heavy (non-hydrogen) atoms. The van der Waals surface area contributed by atoms with Crippen LogP contribution in [0, 0.1) is 0 Å². The molecular formula is C7H4BrNO3. The van der Waals surface area contributed by atoms with Crippen LogP contribution >= 0.6 is 15.9 Å². The predicted octanol–water partition coefficient (Wildman–Crippen LogP) is 1.59. The summed E-state index contributed by atoms with van der Waals surface area (Å²) < 4.78 is 5.23. The van der Waals surface area contributed by atoms with Crippen molar-refractivity contribution in [1.82, 2.24) is 4.98 Å². The van der Waals surface area contributed by atoms with E-state index in [1.807, 2.05) is 0 Å². The van der Waals surface area contributed by atoms with E-state index in [9.17, 15) is 9.90 Å². The highest BCUT2D eigenvalue weighted by Crippen LogP contribution is 2.30. The zero-order chi connectivity index (χ0) is 8.72. The van der Waals surface area contributed by atoms with Gasteiger partial charge in [-0.3, -0.25) is 4.98 Å². The van der Waals surface area contributed by atoms with E-state index >= 15 is 0 Å². The van der Waals surface area contributed by atoms with Gasteiger partial charge in [0.05, 0.1) is 4.47 Å². The summed E-state index contributed by atoms with van der Waals surface area (Å²) >= 11 is 3.11. The molecule has 0 spiro atoms. The maximum absolute atomic E-state index is 10.7. The third-order valence-electron chi connectivity index (χ3n) is 1.52. The number of phenols is 1. The lowest BCUT2D eigenvalue weighted by molar-refractivity contribution is 0.477. The Morgan fingerprint density at radius 2 is 2.25 bits per heavy atom. The summed E-state index contributed by atoms with van der Waals surface area (Å²) in [7, 11) is 0. The van der Waals surface area contributed by atoms with Crippen LogP contribution in [0.2, 0.25) is 0 Å². The number of aromatic nitrogens is 1. The molecule has 0 saturated carbocycles. The highest BCUT2D eigenvalue weighted by atomic mass is 79.9. The van der Waals surface area contributed by atoms with Crippen LogP contribution in [0.15, 0.2) is 25.8 Å². The Morgan fingerprint density at radius 3 is 3.00 bits per heavy atom. The van der Waals surface area contributed by atoms with Gasteiger partial charge in [0.15, 0.2) is 11.3 Å². The first-order valence-electron chi connectivity index (χ1n) is 3.19. The molecule has 0 atom stereocenters. The largest absolute Gasteiger partial charge is 0.505 e. The van der Waals surface area contributed by atoms with Crippen LogP contribution in [-0.4, -0.2) is 10.1 Å². The maximum Gasteiger partial charge on any atom is 0.417 e. The number of hydrogen-bond acceptors (Lipinski definition) is 3. The molecule has 2 rings (SSSR count). The Balaban J connectivity index is 2.99. The molecule has 4 nitrogen and oxygen atoms in total. The second kappa shape index (κ2) is 2.38. The SMILES string of the molecule is O=c1[nH]c2c(O)c(Br)ccc2o1. The summed E-state index contributed by atoms with van der Waals surface area (Å²) in [6, 6.07) is 3.20. The van der Waals surface area contributed by atoms with Crippen LogP contribution in [-0.2, 0) is 0 Å². The van der Waals surface area contributed by atoms with Gasteiger partial charge < -0.3 is 9.52 Å². The molecule has 0 amide bonds. The quantitative estimate of drug-likeness (QED) is 0.722. The lowest BCUT2D eigenvalue weighted by Gasteiger charge is -1.94. The number of hydrogen-bond donors (Lipinski definition) is 2. The lowest BCUT2D eigenvalue weighted by Crippen LogP contribution is -1.93. The Kier molecular flexibility index (Phi) is 1.47. The maximum atomic E-state index is 10.7. The van der Waals surface area contributed by atoms with Crippen molar-refractivity contribution >= 4 is 27.0 Å². The fraction of sp³-hybridized carbons (Fsp3) is 0. The average Bonchev–Trinajstić information content (AvgIpc) is 2.39. The zero-order valence-corrected chi connectivity index (χ0v) is 7.38. The van der Waals surface area contributed by atoms with Gasteiger partial charge in [0.25, 0.3) is 0 Å². The van der Waals surface area contributed by atoms with E-state index in [-0.39, 0.29) is 5.75 Å². The average molecular weight is 230 g/mol. The van der Waals surface area contributed by atoms with Gasteiger partial charge in [-0.25, -0.2) is 4.79 Å². The number of halogens is 1. The summed E-state index contributed by atoms with van der Waals surface area (Å²) in [4.78, 5) is 13.1. The van der Waals surface area contributed by atoms with Crippen LogP contribution in [0.25, 0.3) is 11.1 Å². The first kappa shape index (κ1) is 7.42. The van der Waals surface area contributed by atoms with Gasteiger partial charge in [0.1, 0.15) is 5.52 Å². The molecule has 0 saturated heterocycles. The predicted molar refractivity (Wildman–Crippen MR) is 46.2 cm³/mol. The van der Waals surface area contributed by atoms with Gasteiger partial charge in [-0.2, -0.15) is 0 Å². The highest BCUT2D eigenvalue weighted by molar-refractivity contribution is 9.10. The normalized spacial score (nSPS) is 10.8. The molecule has 62 valence electrons. The van der Waals surface area contributed by atoms with E-state index in [4.69, 9.17) is 4.42 Å². The molecule has 1 heterocycles. The third kappa shape index (κ3) is 0.937. The number of aromatic hydroxyl groups is 1. The number of benzene rings is 1. The number of oxazole rings is 1. The van der Waals surface area contributed by atoms with Crippen LogP contribution in [0.5, 0.6) is 5.75 Å². The first-order chi connectivity index (χ1) is 5.68. The van der Waals surface area contributed by atoms with Gasteiger partial charge in [-0.15, -0.1) is 0 Å². The van der Waals surface area contributed by atoms with E-state index in [2.05, 4.69) is 20.9 Å². The minimum Gasteiger partial charge on any atom is -0.505 e. The fourth-order valence-electron chi connectivity index (χ4n) is 0.981. The van der Waals surface area contributed by atoms with Gasteiger partial charge in [0.2, 0.25) is 0 Å². The Labute approximate surface area is 75.0 Å². The van der Waals surface area contributed by atoms with Crippen molar-refractivity contribution in [2.24, 2.45) is 0 Å². The molecule has 0 radical (unpaired) electrons. The molecule has 0 fully saturated rings. The lowest BCUT2D eigenvalue weighted by atomic mass is 10.3. The molecule has 2 N–H and O–H groups in total. The van der Waals surface area contributed by atoms with Crippen LogP contribution in [0.4, 0.5) is 0 Å². The minimum atomic E-state index is -0.571. The van der Waals surface area contributed by atoms with Crippen LogP contribution in [0.1, 0.15) is 0 Å². The summed E-state index contributed by atoms with van der Waals surface area (Å²) in [6.45, 7) is 0. The van der Waals surface area contributed by atoms with Crippen LogP contribution in [0.3, 0.4) is 0 Å². The standard InChI is InChI=1S/C7H4BrNO3/c8-3-1-2-4-5(6(3)10)9-7(11)12-4/h1-2,10H,(H,9,11). The second-order valence-electron chi connectivity index (χ2n) is 2.28. The first-order valence-corrected chi connectivity index (χ1v) is 3.98. The Morgan fingerprint density at radius 1 is 1.50 bits per heavy atom. The molecule has 2 aromatic rings. The zero-order valence-electron chi connectivity index (χ0n) is 5.80. The van der Waals surface area contributed by atoms with E-state index in [0.717, 1.165) is 0 Å². The van der Waals surface area contributed by atoms with E-state index in [1.54, 1.807) is 12.1 Å². The number of H-pyrrole nitrogens is 1. The molecule has 0 aliphatic rings. The fourth-order valence-corrected chi connectivity index (χ4v) is 1.31. The van der Waals surface area contributed by atoms with Gasteiger partial charge in [-0.05, 0) is 28.1 Å². The Bertz CT molecular complexity index is 485. The summed E-state index contributed by atoms with van der Waals surface area (Å²) in [5.74, 6) is -0.586. The number of aromatic amines is 1. The van der Waals surface area contributed by atoms with Crippen molar-refractivity contribution in [1.29, 1.82) is 0 Å². The van der Waals surface area contributed by atoms with Crippen molar-refractivity contribution in [2.45, 2.75) is 0 Å². The van der Waals surface area contributed by atoms with Crippen molar-refractivity contribution in [3.63, 3.8) is 0 Å². The monoisotopic (exact) mass is 229 g/mol. The Hall–Kier alpha value is -1.23. The van der Waals surface area contributed by atoms with Crippen molar-refractivity contribution in [3.05, 3.63) is 27.2 Å². The minimum absolute atomic E-state index is 0.0154. The molecule has 0 aliphatic carbocycles. The number of phenolic OH excluding ortho intramolecular Hbond substituents is 1. The molecule has 5 heteroatoms. The van der Waals surface area contributed by atoms with E-state index in [1.165, 1.54) is 0 Å². The topological polar surface area (TPSA) is 66.2 Å². The van der Waals surface area contributed by atoms with Crippen LogP contribution < -0.4 is 5.76 Å². The molecule has 0 aliphatic heterocycles. The van der Waals surface area contributed by atoms with Crippen molar-refractivity contribution in [2.75, 3.05) is 0 Å². The summed E-state index contributed by atoms with van der Waals surface area (Å²) in [6.07, 6.45) is 0. The summed E-state index contributed by atoms with van der Waals surface area (Å²) in [5.41, 5.74) is 0.662. The van der Waals surface area contributed by atoms with Gasteiger partial charge in [-0.1, -0.05) is 0 Å². The number of nitrogens with one attached hydrogen (secondary N) is 1. The van der Waals surface area contributed by atoms with Gasteiger partial charge in [0, 0.05) is 0 Å².